The van der Waals surface area contributed by atoms with E-state index in [0.29, 0.717) is 24.1 Å². The zero-order chi connectivity index (χ0) is 27.2. The van der Waals surface area contributed by atoms with E-state index < -0.39 is 22.0 Å². The third-order valence-corrected chi connectivity index (χ3v) is 8.31. The zero-order valence-electron chi connectivity index (χ0n) is 21.7. The molecular formula is C27H35N3O6S. The molecule has 1 unspecified atom stereocenters. The summed E-state index contributed by atoms with van der Waals surface area (Å²) in [5.74, 6) is -1.64. The van der Waals surface area contributed by atoms with Crippen LogP contribution in [0, 0.1) is 18.8 Å². The molecule has 2 amide bonds. The van der Waals surface area contributed by atoms with Crippen LogP contribution in [0.25, 0.3) is 0 Å². The van der Waals surface area contributed by atoms with Crippen molar-refractivity contribution in [3.8, 4) is 0 Å². The Kier molecular flexibility index (Phi) is 9.45. The third kappa shape index (κ3) is 7.17. The van der Waals surface area contributed by atoms with Crippen LogP contribution in [0.1, 0.15) is 49.5 Å². The molecule has 0 bridgehead atoms. The van der Waals surface area contributed by atoms with E-state index in [9.17, 15) is 22.8 Å². The summed E-state index contributed by atoms with van der Waals surface area (Å²) in [4.78, 5) is 38.0. The molecule has 3 rings (SSSR count). The van der Waals surface area contributed by atoms with E-state index in [1.54, 1.807) is 55.5 Å². The van der Waals surface area contributed by atoms with Gasteiger partial charge in [0.1, 0.15) is 6.04 Å². The van der Waals surface area contributed by atoms with Crippen LogP contribution in [0.15, 0.2) is 53.4 Å². The van der Waals surface area contributed by atoms with Gasteiger partial charge in [-0.25, -0.2) is 13.2 Å². The lowest BCUT2D eigenvalue weighted by Gasteiger charge is -2.32. The van der Waals surface area contributed by atoms with Crippen LogP contribution in [-0.4, -0.2) is 56.2 Å². The molecule has 0 radical (unpaired) electrons. The van der Waals surface area contributed by atoms with Gasteiger partial charge >= 0.3 is 5.97 Å². The Labute approximate surface area is 218 Å². The number of hydrogen-bond acceptors (Lipinski definition) is 6. The number of nitrogens with one attached hydrogen (secondary N) is 2. The predicted octanol–water partition coefficient (Wildman–Crippen LogP) is 3.35. The van der Waals surface area contributed by atoms with Gasteiger partial charge in [-0.1, -0.05) is 31.5 Å². The molecule has 0 saturated carbocycles. The highest BCUT2D eigenvalue weighted by Crippen LogP contribution is 2.25. The van der Waals surface area contributed by atoms with E-state index in [1.807, 2.05) is 20.8 Å². The Bertz CT molecular complexity index is 1200. The molecule has 37 heavy (non-hydrogen) atoms. The second kappa shape index (κ2) is 12.3. The molecule has 9 nitrogen and oxygen atoms in total. The molecule has 200 valence electrons. The molecule has 0 aromatic heterocycles. The maximum absolute atomic E-state index is 13.0. The molecule has 1 aliphatic rings. The summed E-state index contributed by atoms with van der Waals surface area (Å²) >= 11 is 0. The second-order valence-electron chi connectivity index (χ2n) is 9.51. The van der Waals surface area contributed by atoms with Crippen LogP contribution < -0.4 is 10.6 Å². The van der Waals surface area contributed by atoms with Crippen LogP contribution in [0.3, 0.4) is 0 Å². The number of carbonyl (C=O) groups excluding carboxylic acids is 3. The van der Waals surface area contributed by atoms with Crippen molar-refractivity contribution >= 4 is 33.5 Å². The van der Waals surface area contributed by atoms with E-state index in [2.05, 4.69) is 10.6 Å². The zero-order valence-corrected chi connectivity index (χ0v) is 22.5. The van der Waals surface area contributed by atoms with Crippen molar-refractivity contribution in [1.82, 2.24) is 9.62 Å². The number of amides is 2. The van der Waals surface area contributed by atoms with Gasteiger partial charge in [0.05, 0.1) is 17.1 Å². The second-order valence-corrected chi connectivity index (χ2v) is 11.4. The van der Waals surface area contributed by atoms with Crippen molar-refractivity contribution in [2.75, 3.05) is 25.0 Å². The minimum absolute atomic E-state index is 0.176. The minimum Gasteiger partial charge on any atom is -0.462 e. The first-order valence-corrected chi connectivity index (χ1v) is 13.9. The standard InChI is InChI=1S/C27H35N3O6S/c1-5-36-27(33)21-8-10-22(11-9-21)28-26(32)24(18(2)3)29-25(31)20-14-16-30(17-15-20)37(34,35)23-12-6-19(4)7-13-23/h6-13,18,20,24H,5,14-17H2,1-4H3,(H,28,32)(H,29,31). The van der Waals surface area contributed by atoms with Crippen molar-refractivity contribution in [1.29, 1.82) is 0 Å². The normalized spacial score (nSPS) is 15.7. The molecule has 0 aliphatic carbocycles. The maximum atomic E-state index is 13.0. The van der Waals surface area contributed by atoms with Gasteiger partial charge in [0, 0.05) is 24.7 Å². The van der Waals surface area contributed by atoms with Crippen molar-refractivity contribution < 1.29 is 27.5 Å². The molecule has 1 atom stereocenters. The number of hydrogen-bond donors (Lipinski definition) is 2. The highest BCUT2D eigenvalue weighted by Gasteiger charge is 2.34. The first kappa shape index (κ1) is 28.3. The van der Waals surface area contributed by atoms with Gasteiger partial charge in [-0.2, -0.15) is 4.31 Å². The Balaban J connectivity index is 1.57. The Morgan fingerprint density at radius 3 is 2.14 bits per heavy atom. The first-order chi connectivity index (χ1) is 17.5. The number of benzene rings is 2. The quantitative estimate of drug-likeness (QED) is 0.481. The molecular weight excluding hydrogens is 494 g/mol. The number of nitrogens with zero attached hydrogens (tertiary/aromatic N) is 1. The SMILES string of the molecule is CCOC(=O)c1ccc(NC(=O)C(NC(=O)C2CCN(S(=O)(=O)c3ccc(C)cc3)CC2)C(C)C)cc1. The number of aryl methyl sites for hydroxylation is 1. The predicted molar refractivity (Wildman–Crippen MR) is 140 cm³/mol. The number of esters is 1. The van der Waals surface area contributed by atoms with E-state index in [-0.39, 0.29) is 48.2 Å². The van der Waals surface area contributed by atoms with Gasteiger partial charge in [0.2, 0.25) is 21.8 Å². The van der Waals surface area contributed by atoms with Gasteiger partial charge < -0.3 is 15.4 Å². The van der Waals surface area contributed by atoms with Gasteiger partial charge in [-0.05, 0) is 69.0 Å². The fourth-order valence-electron chi connectivity index (χ4n) is 4.15. The average Bonchev–Trinajstić information content (AvgIpc) is 2.87. The molecule has 2 aromatic carbocycles. The van der Waals surface area contributed by atoms with Crippen molar-refractivity contribution in [2.45, 2.75) is 51.5 Å². The van der Waals surface area contributed by atoms with Crippen LogP contribution in [-0.2, 0) is 24.3 Å². The van der Waals surface area contributed by atoms with E-state index >= 15 is 0 Å². The van der Waals surface area contributed by atoms with Crippen LogP contribution in [0.5, 0.6) is 0 Å². The minimum atomic E-state index is -3.62. The molecule has 2 N–H and O–H groups in total. The van der Waals surface area contributed by atoms with E-state index in [0.717, 1.165) is 5.56 Å². The fraction of sp³-hybridized carbons (Fsp3) is 0.444. The average molecular weight is 530 g/mol. The van der Waals surface area contributed by atoms with E-state index in [1.165, 1.54) is 4.31 Å². The first-order valence-electron chi connectivity index (χ1n) is 12.5. The summed E-state index contributed by atoms with van der Waals surface area (Å²) in [5.41, 5.74) is 1.85. The highest BCUT2D eigenvalue weighted by molar-refractivity contribution is 7.89. The Morgan fingerprint density at radius 1 is 1.00 bits per heavy atom. The smallest absolute Gasteiger partial charge is 0.338 e. The van der Waals surface area contributed by atoms with Gasteiger partial charge in [-0.15, -0.1) is 0 Å². The summed E-state index contributed by atoms with van der Waals surface area (Å²) < 4.78 is 32.3. The van der Waals surface area contributed by atoms with Crippen molar-refractivity contribution in [2.24, 2.45) is 11.8 Å². The lowest BCUT2D eigenvalue weighted by Crippen LogP contribution is -2.50. The molecule has 10 heteroatoms. The number of sulfonamides is 1. The number of ether oxygens (including phenoxy) is 1. The lowest BCUT2D eigenvalue weighted by molar-refractivity contribution is -0.130. The summed E-state index contributed by atoms with van der Waals surface area (Å²) in [7, 11) is -3.62. The number of rotatable bonds is 9. The number of carbonyl (C=O) groups is 3. The highest BCUT2D eigenvalue weighted by atomic mass is 32.2. The maximum Gasteiger partial charge on any atom is 0.338 e. The molecule has 1 saturated heterocycles. The monoisotopic (exact) mass is 529 g/mol. The Hall–Kier alpha value is -3.24. The molecule has 1 aliphatic heterocycles. The molecule has 1 fully saturated rings. The van der Waals surface area contributed by atoms with E-state index in [4.69, 9.17) is 4.74 Å². The summed E-state index contributed by atoms with van der Waals surface area (Å²) in [6.07, 6.45) is 0.747. The lowest BCUT2D eigenvalue weighted by atomic mass is 9.95. The summed E-state index contributed by atoms with van der Waals surface area (Å²) in [5, 5.41) is 5.64. The molecule has 2 aromatic rings. The largest absolute Gasteiger partial charge is 0.462 e. The van der Waals surface area contributed by atoms with Crippen molar-refractivity contribution in [3.63, 3.8) is 0 Å². The summed E-state index contributed by atoms with van der Waals surface area (Å²) in [6, 6.07) is 12.3. The fourth-order valence-corrected chi connectivity index (χ4v) is 5.62. The third-order valence-electron chi connectivity index (χ3n) is 6.39. The molecule has 1 heterocycles. The van der Waals surface area contributed by atoms with Gasteiger partial charge in [-0.3, -0.25) is 9.59 Å². The molecule has 0 spiro atoms. The van der Waals surface area contributed by atoms with Crippen LogP contribution >= 0.6 is 0 Å². The topological polar surface area (TPSA) is 122 Å². The van der Waals surface area contributed by atoms with Crippen LogP contribution in [0.2, 0.25) is 0 Å². The van der Waals surface area contributed by atoms with Gasteiger partial charge in [0.25, 0.3) is 0 Å². The Morgan fingerprint density at radius 2 is 1.59 bits per heavy atom. The van der Waals surface area contributed by atoms with Gasteiger partial charge in [0.15, 0.2) is 0 Å². The van der Waals surface area contributed by atoms with Crippen molar-refractivity contribution in [3.05, 3.63) is 59.7 Å². The summed E-state index contributed by atoms with van der Waals surface area (Å²) in [6.45, 7) is 8.04. The number of piperidine rings is 1. The number of anilines is 1. The van der Waals surface area contributed by atoms with Crippen LogP contribution in [0.4, 0.5) is 5.69 Å².